The smallest absolute Gasteiger partial charge is 0.268 e. The number of rotatable bonds is 4. The Morgan fingerprint density at radius 1 is 1.19 bits per heavy atom. The molecule has 3 N–H and O–H groups in total. The minimum Gasteiger partial charge on any atom is -0.368 e. The van der Waals surface area contributed by atoms with Crippen molar-refractivity contribution in [2.45, 2.75) is 19.9 Å². The summed E-state index contributed by atoms with van der Waals surface area (Å²) in [6, 6.07) is 5.88. The second-order valence-corrected chi connectivity index (χ2v) is 8.16. The fourth-order valence-corrected chi connectivity index (χ4v) is 4.16. The Morgan fingerprint density at radius 2 is 2.03 bits per heavy atom. The number of amides is 1. The van der Waals surface area contributed by atoms with Gasteiger partial charge in [0.25, 0.3) is 5.91 Å². The molecule has 0 spiro atoms. The number of nitrogens with one attached hydrogen (secondary N) is 3. The first-order chi connectivity index (χ1) is 15.1. The van der Waals surface area contributed by atoms with Gasteiger partial charge in [0.1, 0.15) is 17.2 Å². The summed E-state index contributed by atoms with van der Waals surface area (Å²) in [6.45, 7) is 8.59. The van der Waals surface area contributed by atoms with Crippen LogP contribution in [0.1, 0.15) is 30.4 Å². The number of nitrogens with zero attached hydrogens (tertiary/aromatic N) is 5. The molecule has 0 bridgehead atoms. The molecule has 1 atom stereocenters. The lowest BCUT2D eigenvalue weighted by Crippen LogP contribution is -2.43. The van der Waals surface area contributed by atoms with Gasteiger partial charge in [0.2, 0.25) is 5.95 Å². The molecule has 5 rings (SSSR count). The van der Waals surface area contributed by atoms with Gasteiger partial charge in [-0.15, -0.1) is 0 Å². The number of allylic oxidation sites excluding steroid dienone is 1. The average Bonchev–Trinajstić information content (AvgIpc) is 3.17. The van der Waals surface area contributed by atoms with Gasteiger partial charge in [-0.05, 0) is 32.0 Å². The van der Waals surface area contributed by atoms with Gasteiger partial charge < -0.3 is 25.4 Å². The van der Waals surface area contributed by atoms with Gasteiger partial charge in [-0.2, -0.15) is 4.98 Å². The predicted molar refractivity (Wildman–Crippen MR) is 121 cm³/mol. The molecular weight excluding hydrogens is 392 g/mol. The molecule has 0 aromatic carbocycles. The van der Waals surface area contributed by atoms with E-state index in [4.69, 9.17) is 4.98 Å². The fraction of sp³-hybridized carbons (Fsp3) is 0.364. The van der Waals surface area contributed by atoms with E-state index in [1.807, 2.05) is 22.9 Å². The number of pyridine rings is 1. The molecule has 9 nitrogen and oxygen atoms in total. The lowest BCUT2D eigenvalue weighted by molar-refractivity contribution is 0.0923. The van der Waals surface area contributed by atoms with Crippen LogP contribution < -0.4 is 20.9 Å². The van der Waals surface area contributed by atoms with Crippen LogP contribution in [0.15, 0.2) is 42.2 Å². The maximum atomic E-state index is 12.4. The van der Waals surface area contributed by atoms with Gasteiger partial charge in [-0.3, -0.25) is 4.79 Å². The third-order valence-electron chi connectivity index (χ3n) is 5.61. The van der Waals surface area contributed by atoms with E-state index in [1.54, 1.807) is 6.20 Å². The van der Waals surface area contributed by atoms with E-state index in [2.05, 4.69) is 56.8 Å². The van der Waals surface area contributed by atoms with Gasteiger partial charge in [0, 0.05) is 44.3 Å². The molecule has 0 radical (unpaired) electrons. The molecule has 0 aliphatic carbocycles. The standard InChI is InChI=1S/C22H26N8O/c1-14(2)9-17-13-25-21(31)18-10-15-11-26-22(28-20(15)30(17)18)27-19-4-3-16(12-24-19)29-7-5-23-6-8-29/h3-4,9-12,17,23H,5-8,13H2,1-2H3,(H,25,31)(H,24,26,27,28)/t17-/m1/s1. The minimum absolute atomic E-state index is 0.0226. The van der Waals surface area contributed by atoms with Crippen LogP contribution in [0.3, 0.4) is 0 Å². The van der Waals surface area contributed by atoms with Crippen molar-refractivity contribution in [3.63, 3.8) is 0 Å². The van der Waals surface area contributed by atoms with Crippen LogP contribution in [-0.4, -0.2) is 58.1 Å². The normalized spacial score (nSPS) is 18.5. The Morgan fingerprint density at radius 3 is 2.77 bits per heavy atom. The van der Waals surface area contributed by atoms with Crippen molar-refractivity contribution in [2.75, 3.05) is 42.9 Å². The zero-order valence-electron chi connectivity index (χ0n) is 17.7. The van der Waals surface area contributed by atoms with Gasteiger partial charge in [-0.1, -0.05) is 11.6 Å². The van der Waals surface area contributed by atoms with Crippen LogP contribution in [0.2, 0.25) is 0 Å². The van der Waals surface area contributed by atoms with Crippen molar-refractivity contribution in [3.05, 3.63) is 47.9 Å². The number of hydrogen-bond acceptors (Lipinski definition) is 7. The van der Waals surface area contributed by atoms with E-state index in [-0.39, 0.29) is 11.9 Å². The van der Waals surface area contributed by atoms with Gasteiger partial charge in [0.15, 0.2) is 0 Å². The summed E-state index contributed by atoms with van der Waals surface area (Å²) < 4.78 is 1.99. The van der Waals surface area contributed by atoms with Gasteiger partial charge in [0.05, 0.1) is 17.9 Å². The molecule has 1 fully saturated rings. The molecule has 3 aromatic heterocycles. The van der Waals surface area contributed by atoms with Crippen molar-refractivity contribution < 1.29 is 4.79 Å². The molecule has 0 unspecified atom stereocenters. The fourth-order valence-electron chi connectivity index (χ4n) is 4.16. The number of aromatic nitrogens is 4. The van der Waals surface area contributed by atoms with E-state index in [1.165, 1.54) is 5.57 Å². The van der Waals surface area contributed by atoms with E-state index in [0.717, 1.165) is 42.9 Å². The van der Waals surface area contributed by atoms with Crippen molar-refractivity contribution in [1.29, 1.82) is 0 Å². The Labute approximate surface area is 180 Å². The summed E-state index contributed by atoms with van der Waals surface area (Å²) in [4.78, 5) is 28.4. The van der Waals surface area contributed by atoms with Crippen LogP contribution in [0.4, 0.5) is 17.5 Å². The number of carbonyl (C=O) groups excluding carboxylic acids is 1. The Hall–Kier alpha value is -3.46. The first-order valence-electron chi connectivity index (χ1n) is 10.6. The largest absolute Gasteiger partial charge is 0.368 e. The molecule has 2 aliphatic rings. The molecular formula is C22H26N8O. The SMILES string of the molecule is CC(C)=C[C@@H]1CNC(=O)c2cc3cnc(Nc4ccc(N5CCNCC5)cn4)nc3n21. The van der Waals surface area contributed by atoms with Crippen LogP contribution in [0.25, 0.3) is 11.0 Å². The van der Waals surface area contributed by atoms with Gasteiger partial charge in [-0.25, -0.2) is 9.97 Å². The molecule has 5 heterocycles. The second-order valence-electron chi connectivity index (χ2n) is 8.16. The van der Waals surface area contributed by atoms with E-state index >= 15 is 0 Å². The summed E-state index contributed by atoms with van der Waals surface area (Å²) in [6.07, 6.45) is 5.77. The van der Waals surface area contributed by atoms with Crippen molar-refractivity contribution in [2.24, 2.45) is 0 Å². The molecule has 1 amide bonds. The predicted octanol–water partition coefficient (Wildman–Crippen LogP) is 2.23. The molecule has 31 heavy (non-hydrogen) atoms. The number of piperazine rings is 1. The highest BCUT2D eigenvalue weighted by Gasteiger charge is 2.27. The Kier molecular flexibility index (Phi) is 5.03. The number of fused-ring (bicyclic) bond motifs is 3. The summed E-state index contributed by atoms with van der Waals surface area (Å²) in [5.41, 5.74) is 3.64. The molecule has 0 saturated carbocycles. The highest BCUT2D eigenvalue weighted by Crippen LogP contribution is 2.28. The summed E-state index contributed by atoms with van der Waals surface area (Å²) in [7, 11) is 0. The van der Waals surface area contributed by atoms with Crippen LogP contribution >= 0.6 is 0 Å². The maximum Gasteiger partial charge on any atom is 0.268 e. The van der Waals surface area contributed by atoms with Crippen molar-refractivity contribution in [1.82, 2.24) is 30.2 Å². The van der Waals surface area contributed by atoms with Crippen molar-refractivity contribution in [3.8, 4) is 0 Å². The summed E-state index contributed by atoms with van der Waals surface area (Å²) >= 11 is 0. The lowest BCUT2D eigenvalue weighted by Gasteiger charge is -2.29. The molecule has 9 heteroatoms. The first kappa shape index (κ1) is 19.5. The molecule has 2 aliphatic heterocycles. The zero-order chi connectivity index (χ0) is 21.4. The van der Waals surface area contributed by atoms with E-state index < -0.39 is 0 Å². The monoisotopic (exact) mass is 418 g/mol. The number of hydrogen-bond donors (Lipinski definition) is 3. The van der Waals surface area contributed by atoms with Crippen LogP contribution in [0, 0.1) is 0 Å². The van der Waals surface area contributed by atoms with E-state index in [9.17, 15) is 4.79 Å². The molecule has 1 saturated heterocycles. The Bertz CT molecular complexity index is 1140. The third-order valence-corrected chi connectivity index (χ3v) is 5.61. The molecule has 160 valence electrons. The topological polar surface area (TPSA) is 100 Å². The van der Waals surface area contributed by atoms with E-state index in [0.29, 0.717) is 24.0 Å². The summed E-state index contributed by atoms with van der Waals surface area (Å²) in [5.74, 6) is 1.05. The quantitative estimate of drug-likeness (QED) is 0.559. The minimum atomic E-state index is -0.0870. The number of anilines is 3. The zero-order valence-corrected chi connectivity index (χ0v) is 17.7. The van der Waals surface area contributed by atoms with Crippen LogP contribution in [-0.2, 0) is 0 Å². The average molecular weight is 419 g/mol. The highest BCUT2D eigenvalue weighted by atomic mass is 16.2. The molecule has 3 aromatic rings. The van der Waals surface area contributed by atoms with Crippen molar-refractivity contribution >= 4 is 34.4 Å². The van der Waals surface area contributed by atoms with Gasteiger partial charge >= 0.3 is 0 Å². The Balaban J connectivity index is 1.43. The summed E-state index contributed by atoms with van der Waals surface area (Å²) in [5, 5.41) is 10.3. The first-order valence-corrected chi connectivity index (χ1v) is 10.6. The number of carbonyl (C=O) groups is 1. The van der Waals surface area contributed by atoms with Crippen LogP contribution in [0.5, 0.6) is 0 Å². The second kappa shape index (κ2) is 7.99. The lowest BCUT2D eigenvalue weighted by atomic mass is 10.1. The third kappa shape index (κ3) is 3.84. The highest BCUT2D eigenvalue weighted by molar-refractivity contribution is 5.99. The maximum absolute atomic E-state index is 12.4.